The van der Waals surface area contributed by atoms with Gasteiger partial charge in [-0.15, -0.1) is 0 Å². The van der Waals surface area contributed by atoms with Crippen molar-refractivity contribution < 1.29 is 1.43 Å². The summed E-state index contributed by atoms with van der Waals surface area (Å²) in [7, 11) is 0. The number of hydrogen-bond donors (Lipinski definition) is 1. The van der Waals surface area contributed by atoms with E-state index in [-0.39, 0.29) is 1.43 Å². The number of nitrogens with two attached hydrogens (primary N) is 1. The van der Waals surface area contributed by atoms with E-state index in [0.29, 0.717) is 5.92 Å². The van der Waals surface area contributed by atoms with Gasteiger partial charge in [0.1, 0.15) is 0 Å². The average Bonchev–Trinajstić information content (AvgIpc) is 2.05. The SMILES string of the molecule is CC(C[TeH])c1ccc(N)cc1.[H+]. The van der Waals surface area contributed by atoms with Crippen LogP contribution in [0.3, 0.4) is 0 Å². The van der Waals surface area contributed by atoms with Gasteiger partial charge >= 0.3 is 82.3 Å². The minimum Gasteiger partial charge on any atom is 1.00 e. The van der Waals surface area contributed by atoms with Crippen LogP contribution < -0.4 is 5.73 Å². The van der Waals surface area contributed by atoms with Gasteiger partial charge in [0.2, 0.25) is 0 Å². The van der Waals surface area contributed by atoms with Crippen LogP contribution in [0.15, 0.2) is 24.3 Å². The number of nitrogen functional groups attached to an aromatic ring is 1. The Balaban J connectivity index is 0.00000121. The van der Waals surface area contributed by atoms with Gasteiger partial charge in [0.25, 0.3) is 0 Å². The molecular weight excluding hydrogens is 250 g/mol. The molecule has 0 aromatic heterocycles. The third-order valence-corrected chi connectivity index (χ3v) is 3.34. The van der Waals surface area contributed by atoms with Gasteiger partial charge in [-0.25, -0.2) is 0 Å². The Labute approximate surface area is 82.4 Å². The summed E-state index contributed by atoms with van der Waals surface area (Å²) >= 11 is 1.86. The van der Waals surface area contributed by atoms with Gasteiger partial charge in [0.15, 0.2) is 0 Å². The van der Waals surface area contributed by atoms with E-state index in [0.717, 1.165) is 5.69 Å². The summed E-state index contributed by atoms with van der Waals surface area (Å²) in [5, 5.41) is 0. The van der Waals surface area contributed by atoms with Gasteiger partial charge in [-0.1, -0.05) is 0 Å². The fourth-order valence-corrected chi connectivity index (χ4v) is 1.53. The summed E-state index contributed by atoms with van der Waals surface area (Å²) in [6.45, 7) is 2.24. The maximum atomic E-state index is 5.57. The second-order valence-corrected chi connectivity index (χ2v) is 3.79. The van der Waals surface area contributed by atoms with E-state index in [2.05, 4.69) is 19.1 Å². The molecule has 2 N–H and O–H groups in total. The molecule has 11 heavy (non-hydrogen) atoms. The van der Waals surface area contributed by atoms with Crippen molar-refractivity contribution in [1.82, 2.24) is 0 Å². The second kappa shape index (κ2) is 3.99. The predicted molar refractivity (Wildman–Crippen MR) is 52.3 cm³/mol. The zero-order valence-corrected chi connectivity index (χ0v) is 9.17. The van der Waals surface area contributed by atoms with Crippen LogP contribution in [0.2, 0.25) is 4.47 Å². The van der Waals surface area contributed by atoms with Gasteiger partial charge in [0.05, 0.1) is 0 Å². The number of anilines is 1. The molecule has 0 amide bonds. The van der Waals surface area contributed by atoms with E-state index in [1.165, 1.54) is 10.0 Å². The minimum absolute atomic E-state index is 0. The average molecular weight is 264 g/mol. The van der Waals surface area contributed by atoms with Crippen LogP contribution in [0.5, 0.6) is 0 Å². The molecule has 0 saturated heterocycles. The normalized spacial score (nSPS) is 12.9. The molecule has 2 heteroatoms. The van der Waals surface area contributed by atoms with Crippen molar-refractivity contribution in [2.75, 3.05) is 5.73 Å². The molecule has 1 aromatic rings. The van der Waals surface area contributed by atoms with Crippen LogP contribution >= 0.6 is 0 Å². The molecule has 1 unspecified atom stereocenters. The summed E-state index contributed by atoms with van der Waals surface area (Å²) in [5.41, 5.74) is 7.81. The predicted octanol–water partition coefficient (Wildman–Crippen LogP) is 1.80. The summed E-state index contributed by atoms with van der Waals surface area (Å²) in [4.78, 5) is 0. The van der Waals surface area contributed by atoms with Crippen LogP contribution in [-0.4, -0.2) is 22.3 Å². The van der Waals surface area contributed by atoms with Crippen LogP contribution in [0.25, 0.3) is 0 Å². The molecule has 0 aliphatic carbocycles. The zero-order chi connectivity index (χ0) is 8.27. The Hall–Kier alpha value is -0.190. The Morgan fingerprint density at radius 3 is 2.45 bits per heavy atom. The molecular formula is C9H14NTe+. The van der Waals surface area contributed by atoms with Crippen molar-refractivity contribution >= 4 is 28.0 Å². The third-order valence-electron chi connectivity index (χ3n) is 1.78. The van der Waals surface area contributed by atoms with E-state index in [1.807, 2.05) is 34.4 Å². The molecule has 0 aliphatic rings. The standard InChI is InChI=1S/C9H13NTe/c1-7(6-11)8-2-4-9(10)5-3-8/h2-5,7,11H,6,10H2,1H3/p+1. The molecule has 0 spiro atoms. The fourth-order valence-electron chi connectivity index (χ4n) is 0.930. The monoisotopic (exact) mass is 266 g/mol. The molecule has 1 atom stereocenters. The van der Waals surface area contributed by atoms with Crippen LogP contribution in [0, 0.1) is 0 Å². The maximum absolute atomic E-state index is 5.57. The number of rotatable bonds is 2. The minimum atomic E-state index is 0. The Kier molecular flexibility index (Phi) is 3.23. The smallest absolute Gasteiger partial charge is 1.00 e. The van der Waals surface area contributed by atoms with E-state index < -0.39 is 0 Å². The molecule has 1 rings (SSSR count). The summed E-state index contributed by atoms with van der Waals surface area (Å²) < 4.78 is 1.23. The first-order valence-corrected chi connectivity index (χ1v) is 5.51. The van der Waals surface area contributed by atoms with Gasteiger partial charge in [-0.05, 0) is 0 Å². The van der Waals surface area contributed by atoms with Crippen molar-refractivity contribution in [2.45, 2.75) is 17.3 Å². The van der Waals surface area contributed by atoms with Crippen molar-refractivity contribution in [3.63, 3.8) is 0 Å². The molecule has 1 aromatic carbocycles. The molecule has 1 nitrogen and oxygen atoms in total. The van der Waals surface area contributed by atoms with E-state index in [9.17, 15) is 0 Å². The summed E-state index contributed by atoms with van der Waals surface area (Å²) in [6, 6.07) is 8.15. The number of hydrogen-bond acceptors (Lipinski definition) is 1. The molecule has 0 radical (unpaired) electrons. The first-order valence-electron chi connectivity index (χ1n) is 3.70. The molecule has 60 valence electrons. The Bertz CT molecular complexity index is 222. The molecule has 0 heterocycles. The van der Waals surface area contributed by atoms with Gasteiger partial charge in [0, 0.05) is 0 Å². The molecule has 0 bridgehead atoms. The third kappa shape index (κ3) is 2.39. The van der Waals surface area contributed by atoms with Crippen LogP contribution in [0.1, 0.15) is 19.8 Å². The van der Waals surface area contributed by atoms with E-state index in [1.54, 1.807) is 0 Å². The first kappa shape index (κ1) is 8.90. The largest absolute Gasteiger partial charge is 1.00 e. The molecule has 0 aliphatic heterocycles. The van der Waals surface area contributed by atoms with Crippen molar-refractivity contribution in [2.24, 2.45) is 0 Å². The fraction of sp³-hybridized carbons (Fsp3) is 0.333. The van der Waals surface area contributed by atoms with Crippen molar-refractivity contribution in [1.29, 1.82) is 0 Å². The molecule has 0 fully saturated rings. The quantitative estimate of drug-likeness (QED) is 0.639. The molecule has 0 saturated carbocycles. The first-order chi connectivity index (χ1) is 5.24. The van der Waals surface area contributed by atoms with Crippen LogP contribution in [-0.2, 0) is 0 Å². The van der Waals surface area contributed by atoms with Crippen molar-refractivity contribution in [3.8, 4) is 0 Å². The second-order valence-electron chi connectivity index (χ2n) is 2.75. The summed E-state index contributed by atoms with van der Waals surface area (Å²) in [6.07, 6.45) is 0. The van der Waals surface area contributed by atoms with E-state index in [4.69, 9.17) is 5.73 Å². The number of benzene rings is 1. The van der Waals surface area contributed by atoms with E-state index >= 15 is 0 Å². The topological polar surface area (TPSA) is 26.0 Å². The van der Waals surface area contributed by atoms with Crippen molar-refractivity contribution in [3.05, 3.63) is 29.8 Å². The Morgan fingerprint density at radius 1 is 1.45 bits per heavy atom. The van der Waals surface area contributed by atoms with Crippen LogP contribution in [0.4, 0.5) is 5.69 Å². The summed E-state index contributed by atoms with van der Waals surface area (Å²) in [5.74, 6) is 0.671. The maximum Gasteiger partial charge on any atom is 1.00 e. The zero-order valence-electron chi connectivity index (χ0n) is 7.62. The Morgan fingerprint density at radius 2 is 2.00 bits per heavy atom. The van der Waals surface area contributed by atoms with Gasteiger partial charge in [-0.3, -0.25) is 0 Å². The van der Waals surface area contributed by atoms with Gasteiger partial charge < -0.3 is 0 Å². The van der Waals surface area contributed by atoms with Gasteiger partial charge in [-0.2, -0.15) is 0 Å².